The molecular formula is C26H26N4O5S3. The first kappa shape index (κ1) is 27.5. The molecule has 0 aliphatic rings. The Morgan fingerprint density at radius 3 is 2.37 bits per heavy atom. The van der Waals surface area contributed by atoms with E-state index in [-0.39, 0.29) is 12.3 Å². The maximum atomic E-state index is 13.5. The van der Waals surface area contributed by atoms with Gasteiger partial charge in [-0.25, -0.2) is 14.0 Å². The molecule has 0 fully saturated rings. The van der Waals surface area contributed by atoms with E-state index in [9.17, 15) is 13.8 Å². The molecule has 0 radical (unpaired) electrons. The Labute approximate surface area is 230 Å². The molecule has 2 aromatic heterocycles. The molecule has 2 amide bonds. The molecule has 4 rings (SSSR count). The van der Waals surface area contributed by atoms with Gasteiger partial charge in [0.05, 0.1) is 23.7 Å². The Hall–Kier alpha value is -3.58. The molecular weight excluding hydrogens is 545 g/mol. The van der Waals surface area contributed by atoms with E-state index >= 15 is 0 Å². The molecule has 0 spiro atoms. The highest BCUT2D eigenvalue weighted by Gasteiger charge is 2.26. The number of hydrogen-bond donors (Lipinski definition) is 4. The summed E-state index contributed by atoms with van der Waals surface area (Å²) in [5.74, 6) is -0.371. The molecule has 0 aliphatic carbocycles. The molecule has 0 saturated carbocycles. The van der Waals surface area contributed by atoms with Gasteiger partial charge in [0, 0.05) is 17.5 Å². The summed E-state index contributed by atoms with van der Waals surface area (Å²) in [6.45, 7) is 0. The number of anilines is 1. The first-order chi connectivity index (χ1) is 18.4. The van der Waals surface area contributed by atoms with Crippen LogP contribution in [0.5, 0.6) is 0 Å². The second-order valence-corrected chi connectivity index (χ2v) is 10.8. The van der Waals surface area contributed by atoms with Crippen molar-refractivity contribution in [2.24, 2.45) is 0 Å². The number of hydrogen-bond acceptors (Lipinski definition) is 7. The number of methoxy groups -OCH3 is 1. The predicted octanol–water partition coefficient (Wildman–Crippen LogP) is 4.79. The van der Waals surface area contributed by atoms with Crippen molar-refractivity contribution in [3.63, 3.8) is 0 Å². The molecule has 9 nitrogen and oxygen atoms in total. The van der Waals surface area contributed by atoms with Crippen molar-refractivity contribution in [1.82, 2.24) is 15.6 Å². The molecule has 0 saturated heterocycles. The molecule has 2 heterocycles. The maximum absolute atomic E-state index is 13.5. The van der Waals surface area contributed by atoms with Crippen molar-refractivity contribution in [2.45, 2.75) is 24.9 Å². The van der Waals surface area contributed by atoms with Gasteiger partial charge in [-0.05, 0) is 41.1 Å². The molecule has 12 heteroatoms. The molecule has 4 aromatic rings. The number of alkyl carbamates (subject to hydrolysis) is 1. The van der Waals surface area contributed by atoms with Gasteiger partial charge in [0.25, 0.3) is 11.3 Å². The van der Waals surface area contributed by atoms with Crippen molar-refractivity contribution in [3.05, 3.63) is 94.3 Å². The number of nitrogens with zero attached hydrogens (tertiary/aromatic N) is 1. The summed E-state index contributed by atoms with van der Waals surface area (Å²) in [6.07, 6.45) is -0.00127. The van der Waals surface area contributed by atoms with E-state index in [1.165, 1.54) is 18.4 Å². The third-order valence-electron chi connectivity index (χ3n) is 5.60. The van der Waals surface area contributed by atoms with Crippen LogP contribution in [0.15, 0.2) is 77.5 Å². The van der Waals surface area contributed by atoms with Gasteiger partial charge in [0.2, 0.25) is 5.91 Å². The molecule has 3 unspecified atom stereocenters. The highest BCUT2D eigenvalue weighted by atomic mass is 32.2. The average Bonchev–Trinajstić information content (AvgIpc) is 3.62. The van der Waals surface area contributed by atoms with Crippen LogP contribution in [0, 0.1) is 0 Å². The minimum atomic E-state index is -2.17. The number of nitrogens with one attached hydrogen (secondary N) is 3. The van der Waals surface area contributed by atoms with Crippen LogP contribution in [-0.4, -0.2) is 38.9 Å². The Balaban J connectivity index is 1.58. The van der Waals surface area contributed by atoms with E-state index in [4.69, 9.17) is 14.3 Å². The van der Waals surface area contributed by atoms with Gasteiger partial charge >= 0.3 is 6.09 Å². The molecule has 0 aliphatic heterocycles. The van der Waals surface area contributed by atoms with Crippen LogP contribution >= 0.6 is 22.7 Å². The number of aromatic nitrogens is 1. The zero-order chi connectivity index (χ0) is 26.9. The fourth-order valence-electron chi connectivity index (χ4n) is 3.77. The molecule has 0 bridgehead atoms. The summed E-state index contributed by atoms with van der Waals surface area (Å²) in [4.78, 5) is 31.4. The largest absolute Gasteiger partial charge is 0.453 e. The Bertz CT molecular complexity index is 1360. The molecule has 2 aromatic carbocycles. The quantitative estimate of drug-likeness (QED) is 0.192. The normalized spacial score (nSPS) is 13.2. The summed E-state index contributed by atoms with van der Waals surface area (Å²) in [5.41, 5.74) is 2.96. The van der Waals surface area contributed by atoms with Crippen LogP contribution in [0.2, 0.25) is 0 Å². The summed E-state index contributed by atoms with van der Waals surface area (Å²) < 4.78 is 27.3. The van der Waals surface area contributed by atoms with E-state index in [1.807, 2.05) is 65.4 Å². The summed E-state index contributed by atoms with van der Waals surface area (Å²) in [7, 11) is 1.25. The van der Waals surface area contributed by atoms with Crippen molar-refractivity contribution >= 4 is 51.6 Å². The standard InChI is InChI=1S/C26H26N4O5S3/c1-35-26(32)29-21(15-17-6-3-2-4-7-17)24(31)27-20(14-18-9-11-19(12-10-18)30-38(33)34)22-16-37-25(28-22)23-8-5-13-36-23/h2-13,16,20-21,30H,14-15H2,1H3,(H,27,31)(H,29,32)(H,33,34). The van der Waals surface area contributed by atoms with Gasteiger partial charge in [-0.2, -0.15) is 0 Å². The molecule has 38 heavy (non-hydrogen) atoms. The van der Waals surface area contributed by atoms with E-state index in [0.717, 1.165) is 21.0 Å². The minimum absolute atomic E-state index is 0.282. The van der Waals surface area contributed by atoms with Crippen LogP contribution in [0.25, 0.3) is 9.88 Å². The fraction of sp³-hybridized carbons (Fsp3) is 0.192. The van der Waals surface area contributed by atoms with E-state index < -0.39 is 29.4 Å². The van der Waals surface area contributed by atoms with Crippen molar-refractivity contribution in [3.8, 4) is 9.88 Å². The first-order valence-electron chi connectivity index (χ1n) is 11.6. The monoisotopic (exact) mass is 570 g/mol. The Morgan fingerprint density at radius 1 is 0.974 bits per heavy atom. The number of rotatable bonds is 11. The van der Waals surface area contributed by atoms with Gasteiger partial charge < -0.3 is 15.4 Å². The van der Waals surface area contributed by atoms with Gasteiger partial charge in [-0.15, -0.1) is 22.7 Å². The summed E-state index contributed by atoms with van der Waals surface area (Å²) >= 11 is 0.911. The first-order valence-corrected chi connectivity index (χ1v) is 14.4. The van der Waals surface area contributed by atoms with Gasteiger partial charge in [-0.3, -0.25) is 14.1 Å². The lowest BCUT2D eigenvalue weighted by molar-refractivity contribution is -0.123. The molecule has 3 atom stereocenters. The number of carbonyl (C=O) groups is 2. The number of ether oxygens (including phenoxy) is 1. The molecule has 4 N–H and O–H groups in total. The number of carbonyl (C=O) groups excluding carboxylic acids is 2. The number of thiophene rings is 1. The van der Waals surface area contributed by atoms with E-state index in [1.54, 1.807) is 23.5 Å². The van der Waals surface area contributed by atoms with Crippen molar-refractivity contribution < 1.29 is 23.1 Å². The van der Waals surface area contributed by atoms with Crippen LogP contribution in [0.1, 0.15) is 22.9 Å². The van der Waals surface area contributed by atoms with Crippen LogP contribution in [-0.2, 0) is 33.6 Å². The lowest BCUT2D eigenvalue weighted by Crippen LogP contribution is -2.49. The molecule has 198 valence electrons. The second kappa shape index (κ2) is 13.3. The Kier molecular flexibility index (Phi) is 9.60. The number of thiazole rings is 1. The predicted molar refractivity (Wildman–Crippen MR) is 150 cm³/mol. The van der Waals surface area contributed by atoms with Crippen LogP contribution < -0.4 is 15.4 Å². The van der Waals surface area contributed by atoms with Crippen molar-refractivity contribution in [1.29, 1.82) is 0 Å². The topological polar surface area (TPSA) is 130 Å². The smallest absolute Gasteiger partial charge is 0.407 e. The minimum Gasteiger partial charge on any atom is -0.453 e. The van der Waals surface area contributed by atoms with Crippen LogP contribution in [0.4, 0.5) is 10.5 Å². The summed E-state index contributed by atoms with van der Waals surface area (Å²) in [5, 5.41) is 10.5. The van der Waals surface area contributed by atoms with Gasteiger partial charge in [0.1, 0.15) is 11.0 Å². The summed E-state index contributed by atoms with van der Waals surface area (Å²) in [6, 6.07) is 19.0. The highest BCUT2D eigenvalue weighted by Crippen LogP contribution is 2.31. The third-order valence-corrected chi connectivity index (χ3v) is 7.91. The second-order valence-electron chi connectivity index (χ2n) is 8.25. The number of amides is 2. The van der Waals surface area contributed by atoms with Gasteiger partial charge in [-0.1, -0.05) is 48.5 Å². The lowest BCUT2D eigenvalue weighted by atomic mass is 10.0. The lowest BCUT2D eigenvalue weighted by Gasteiger charge is -2.23. The van der Waals surface area contributed by atoms with E-state index in [0.29, 0.717) is 17.8 Å². The van der Waals surface area contributed by atoms with Crippen LogP contribution in [0.3, 0.4) is 0 Å². The van der Waals surface area contributed by atoms with E-state index in [2.05, 4.69) is 15.4 Å². The SMILES string of the molecule is COC(=O)NC(Cc1ccccc1)C(=O)NC(Cc1ccc(NS(=O)O)cc1)c1csc(-c2cccs2)n1. The average molecular weight is 571 g/mol. The van der Waals surface area contributed by atoms with Gasteiger partial charge in [0.15, 0.2) is 0 Å². The number of benzene rings is 2. The maximum Gasteiger partial charge on any atom is 0.407 e. The zero-order valence-corrected chi connectivity index (χ0v) is 22.8. The highest BCUT2D eigenvalue weighted by molar-refractivity contribution is 7.80. The fourth-order valence-corrected chi connectivity index (χ4v) is 5.79. The zero-order valence-electron chi connectivity index (χ0n) is 20.3. The van der Waals surface area contributed by atoms with Crippen molar-refractivity contribution in [2.75, 3.05) is 11.8 Å². The third kappa shape index (κ3) is 7.71. The Morgan fingerprint density at radius 2 is 1.71 bits per heavy atom.